The van der Waals surface area contributed by atoms with E-state index in [-0.39, 0.29) is 0 Å². The van der Waals surface area contributed by atoms with E-state index in [1.165, 1.54) is 0 Å². The van der Waals surface area contributed by atoms with Gasteiger partial charge in [0.05, 0.1) is 30.6 Å². The Morgan fingerprint density at radius 1 is 1.29 bits per heavy atom. The average molecular weight is 287 g/mol. The van der Waals surface area contributed by atoms with Crippen LogP contribution in [0, 0.1) is 0 Å². The SMILES string of the molecule is CCC(C)(N)c1ncc(-c2ccc3c(c2)OCCCO3)[nH]1. The van der Waals surface area contributed by atoms with E-state index in [1.807, 2.05) is 31.3 Å². The summed E-state index contributed by atoms with van der Waals surface area (Å²) in [6, 6.07) is 5.93. The summed E-state index contributed by atoms with van der Waals surface area (Å²) in [5, 5.41) is 0. The van der Waals surface area contributed by atoms with Gasteiger partial charge in [0.25, 0.3) is 0 Å². The van der Waals surface area contributed by atoms with E-state index in [4.69, 9.17) is 15.2 Å². The van der Waals surface area contributed by atoms with Crippen molar-refractivity contribution in [3.05, 3.63) is 30.2 Å². The van der Waals surface area contributed by atoms with Gasteiger partial charge in [0.15, 0.2) is 11.5 Å². The molecule has 1 aromatic heterocycles. The molecule has 0 saturated heterocycles. The summed E-state index contributed by atoms with van der Waals surface area (Å²) < 4.78 is 11.4. The number of aromatic nitrogens is 2. The van der Waals surface area contributed by atoms with Crippen LogP contribution in [0.3, 0.4) is 0 Å². The minimum Gasteiger partial charge on any atom is -0.490 e. The number of aromatic amines is 1. The zero-order valence-electron chi connectivity index (χ0n) is 12.5. The zero-order chi connectivity index (χ0) is 14.9. The van der Waals surface area contributed by atoms with Gasteiger partial charge in [-0.3, -0.25) is 0 Å². The van der Waals surface area contributed by atoms with Gasteiger partial charge in [-0.05, 0) is 31.5 Å². The highest BCUT2D eigenvalue weighted by Crippen LogP contribution is 2.34. The molecule has 0 radical (unpaired) electrons. The monoisotopic (exact) mass is 287 g/mol. The summed E-state index contributed by atoms with van der Waals surface area (Å²) in [5.74, 6) is 2.38. The van der Waals surface area contributed by atoms with E-state index in [9.17, 15) is 0 Å². The van der Waals surface area contributed by atoms with Gasteiger partial charge in [-0.2, -0.15) is 0 Å². The number of hydrogen-bond donors (Lipinski definition) is 2. The standard InChI is InChI=1S/C16H21N3O2/c1-3-16(2,17)15-18-10-12(19-15)11-5-6-13-14(9-11)21-8-4-7-20-13/h5-6,9-10H,3-4,7-8,17H2,1-2H3,(H,18,19). The highest BCUT2D eigenvalue weighted by molar-refractivity contribution is 5.63. The third-order valence-corrected chi connectivity index (χ3v) is 3.91. The van der Waals surface area contributed by atoms with Gasteiger partial charge >= 0.3 is 0 Å². The van der Waals surface area contributed by atoms with Gasteiger partial charge in [0, 0.05) is 12.0 Å². The van der Waals surface area contributed by atoms with Crippen molar-refractivity contribution in [3.8, 4) is 22.8 Å². The summed E-state index contributed by atoms with van der Waals surface area (Å²) in [6.45, 7) is 5.41. The number of ether oxygens (including phenoxy) is 2. The van der Waals surface area contributed by atoms with Crippen LogP contribution >= 0.6 is 0 Å². The first-order valence-corrected chi connectivity index (χ1v) is 7.34. The fraction of sp³-hybridized carbons (Fsp3) is 0.438. The summed E-state index contributed by atoms with van der Waals surface area (Å²) >= 11 is 0. The second-order valence-corrected chi connectivity index (χ2v) is 5.63. The van der Waals surface area contributed by atoms with Crippen LogP contribution in [-0.4, -0.2) is 23.2 Å². The quantitative estimate of drug-likeness (QED) is 0.910. The molecule has 21 heavy (non-hydrogen) atoms. The summed E-state index contributed by atoms with van der Waals surface area (Å²) in [4.78, 5) is 7.72. The van der Waals surface area contributed by atoms with Gasteiger partial charge in [-0.25, -0.2) is 4.98 Å². The molecule has 0 fully saturated rings. The first-order chi connectivity index (χ1) is 10.1. The Labute approximate surface area is 124 Å². The van der Waals surface area contributed by atoms with Crippen LogP contribution in [0.15, 0.2) is 24.4 Å². The predicted octanol–water partition coefficient (Wildman–Crippen LogP) is 2.82. The Kier molecular flexibility index (Phi) is 3.59. The van der Waals surface area contributed by atoms with Gasteiger partial charge in [0.1, 0.15) is 5.82 Å². The summed E-state index contributed by atoms with van der Waals surface area (Å²) in [6.07, 6.45) is 3.54. The average Bonchev–Trinajstić information content (AvgIpc) is 2.87. The number of nitrogens with two attached hydrogens (primary N) is 1. The summed E-state index contributed by atoms with van der Waals surface area (Å²) in [5.41, 5.74) is 7.74. The maximum Gasteiger partial charge on any atom is 0.161 e. The van der Waals surface area contributed by atoms with Crippen molar-refractivity contribution < 1.29 is 9.47 Å². The van der Waals surface area contributed by atoms with Gasteiger partial charge in [-0.1, -0.05) is 6.92 Å². The molecule has 1 atom stereocenters. The molecule has 0 spiro atoms. The number of rotatable bonds is 3. The van der Waals surface area contributed by atoms with Gasteiger partial charge in [-0.15, -0.1) is 0 Å². The molecule has 2 aromatic rings. The molecule has 1 unspecified atom stereocenters. The number of imidazole rings is 1. The molecule has 5 nitrogen and oxygen atoms in total. The molecule has 0 saturated carbocycles. The lowest BCUT2D eigenvalue weighted by Crippen LogP contribution is -2.33. The Morgan fingerprint density at radius 3 is 2.81 bits per heavy atom. The Balaban J connectivity index is 1.92. The van der Waals surface area contributed by atoms with Crippen molar-refractivity contribution in [2.45, 2.75) is 32.2 Å². The van der Waals surface area contributed by atoms with Crippen LogP contribution in [0.4, 0.5) is 0 Å². The molecular formula is C16H21N3O2. The van der Waals surface area contributed by atoms with E-state index >= 15 is 0 Å². The van der Waals surface area contributed by atoms with Crippen molar-refractivity contribution in [2.24, 2.45) is 5.73 Å². The number of nitrogens with one attached hydrogen (secondary N) is 1. The van der Waals surface area contributed by atoms with Crippen molar-refractivity contribution in [2.75, 3.05) is 13.2 Å². The van der Waals surface area contributed by atoms with E-state index in [2.05, 4.69) is 16.9 Å². The van der Waals surface area contributed by atoms with Gasteiger partial charge in [0.2, 0.25) is 0 Å². The Hall–Kier alpha value is -2.01. The second kappa shape index (κ2) is 5.41. The number of fused-ring (bicyclic) bond motifs is 1. The third kappa shape index (κ3) is 2.74. The van der Waals surface area contributed by atoms with E-state index < -0.39 is 5.54 Å². The Bertz CT molecular complexity index is 634. The number of nitrogens with zero attached hydrogens (tertiary/aromatic N) is 1. The highest BCUT2D eigenvalue weighted by atomic mass is 16.5. The smallest absolute Gasteiger partial charge is 0.161 e. The van der Waals surface area contributed by atoms with Crippen LogP contribution in [0.2, 0.25) is 0 Å². The minimum atomic E-state index is -0.441. The maximum absolute atomic E-state index is 6.22. The largest absolute Gasteiger partial charge is 0.490 e. The predicted molar refractivity (Wildman–Crippen MR) is 81.5 cm³/mol. The second-order valence-electron chi connectivity index (χ2n) is 5.63. The normalized spacial score (nSPS) is 17.1. The fourth-order valence-corrected chi connectivity index (χ4v) is 2.26. The van der Waals surface area contributed by atoms with E-state index in [1.54, 1.807) is 0 Å². The molecule has 3 N–H and O–H groups in total. The topological polar surface area (TPSA) is 73.2 Å². The van der Waals surface area contributed by atoms with Crippen LogP contribution in [-0.2, 0) is 5.54 Å². The lowest BCUT2D eigenvalue weighted by molar-refractivity contribution is 0.297. The molecule has 0 aliphatic carbocycles. The van der Waals surface area contributed by atoms with Crippen molar-refractivity contribution in [1.29, 1.82) is 0 Å². The van der Waals surface area contributed by atoms with E-state index in [0.29, 0.717) is 13.2 Å². The molecule has 0 amide bonds. The van der Waals surface area contributed by atoms with Crippen LogP contribution < -0.4 is 15.2 Å². The molecule has 5 heteroatoms. The molecule has 1 aliphatic heterocycles. The van der Waals surface area contributed by atoms with E-state index in [0.717, 1.165) is 41.4 Å². The number of hydrogen-bond acceptors (Lipinski definition) is 4. The molecule has 2 heterocycles. The van der Waals surface area contributed by atoms with Gasteiger partial charge < -0.3 is 20.2 Å². The van der Waals surface area contributed by atoms with Crippen molar-refractivity contribution in [3.63, 3.8) is 0 Å². The molecular weight excluding hydrogens is 266 g/mol. The lowest BCUT2D eigenvalue weighted by atomic mass is 10.00. The fourth-order valence-electron chi connectivity index (χ4n) is 2.26. The molecule has 112 valence electrons. The zero-order valence-corrected chi connectivity index (χ0v) is 12.5. The van der Waals surface area contributed by atoms with Crippen LogP contribution in [0.25, 0.3) is 11.3 Å². The lowest BCUT2D eigenvalue weighted by Gasteiger charge is -2.19. The van der Waals surface area contributed by atoms with Crippen LogP contribution in [0.5, 0.6) is 11.5 Å². The number of H-pyrrole nitrogens is 1. The van der Waals surface area contributed by atoms with Crippen molar-refractivity contribution in [1.82, 2.24) is 9.97 Å². The molecule has 1 aromatic carbocycles. The maximum atomic E-state index is 6.22. The molecule has 0 bridgehead atoms. The third-order valence-electron chi connectivity index (χ3n) is 3.91. The first-order valence-electron chi connectivity index (χ1n) is 7.34. The molecule has 3 rings (SSSR count). The molecule has 1 aliphatic rings. The minimum absolute atomic E-state index is 0.441. The van der Waals surface area contributed by atoms with Crippen LogP contribution in [0.1, 0.15) is 32.5 Å². The summed E-state index contributed by atoms with van der Waals surface area (Å²) in [7, 11) is 0. The number of benzene rings is 1. The Morgan fingerprint density at radius 2 is 2.05 bits per heavy atom. The van der Waals surface area contributed by atoms with Crippen molar-refractivity contribution >= 4 is 0 Å². The highest BCUT2D eigenvalue weighted by Gasteiger charge is 2.22. The first kappa shape index (κ1) is 13.9.